The van der Waals surface area contributed by atoms with E-state index in [1.54, 1.807) is 0 Å². The summed E-state index contributed by atoms with van der Waals surface area (Å²) in [6.07, 6.45) is 3.29. The lowest BCUT2D eigenvalue weighted by atomic mass is 9.80. The van der Waals surface area contributed by atoms with Crippen LogP contribution in [0.2, 0.25) is 0 Å². The molecule has 0 radical (unpaired) electrons. The largest absolute Gasteiger partial charge is 0.409 e. The first kappa shape index (κ1) is 15.8. The second-order valence-electron chi connectivity index (χ2n) is 6.71. The highest BCUT2D eigenvalue weighted by molar-refractivity contribution is 5.84. The van der Waals surface area contributed by atoms with Crippen LogP contribution in [0.15, 0.2) is 5.16 Å². The molecule has 0 saturated heterocycles. The Morgan fingerprint density at radius 3 is 2.63 bits per heavy atom. The van der Waals surface area contributed by atoms with Gasteiger partial charge in [0, 0.05) is 18.4 Å². The molecule has 1 amide bonds. The molecule has 19 heavy (non-hydrogen) atoms. The maximum Gasteiger partial charge on any atom is 0.220 e. The first-order chi connectivity index (χ1) is 8.75. The summed E-state index contributed by atoms with van der Waals surface area (Å²) in [6, 6.07) is 0.00979. The van der Waals surface area contributed by atoms with E-state index in [2.05, 4.69) is 38.2 Å². The van der Waals surface area contributed by atoms with Gasteiger partial charge >= 0.3 is 0 Å². The van der Waals surface area contributed by atoms with Gasteiger partial charge in [-0.2, -0.15) is 0 Å². The molecule has 1 aliphatic carbocycles. The molecule has 5 nitrogen and oxygen atoms in total. The molecule has 0 heterocycles. The SMILES string of the molecule is CC(CC(=O)NC1CCCC1C(N)=NO)C(C)(C)C. The summed E-state index contributed by atoms with van der Waals surface area (Å²) in [6.45, 7) is 8.51. The highest BCUT2D eigenvalue weighted by Crippen LogP contribution is 2.29. The molecular weight excluding hydrogens is 242 g/mol. The van der Waals surface area contributed by atoms with E-state index in [1.165, 1.54) is 0 Å². The first-order valence-electron chi connectivity index (χ1n) is 7.02. The molecular formula is C14H27N3O2. The van der Waals surface area contributed by atoms with Gasteiger partial charge in [0.2, 0.25) is 5.91 Å². The number of nitrogens with two attached hydrogens (primary N) is 1. The highest BCUT2D eigenvalue weighted by atomic mass is 16.4. The van der Waals surface area contributed by atoms with Gasteiger partial charge in [0.1, 0.15) is 5.84 Å². The van der Waals surface area contributed by atoms with Crippen LogP contribution < -0.4 is 11.1 Å². The number of carbonyl (C=O) groups excluding carboxylic acids is 1. The number of nitrogens with zero attached hydrogens (tertiary/aromatic N) is 1. The normalized spacial score (nSPS) is 26.2. The lowest BCUT2D eigenvalue weighted by Crippen LogP contribution is -2.43. The smallest absolute Gasteiger partial charge is 0.220 e. The molecule has 1 aliphatic rings. The molecule has 0 aromatic rings. The number of hydrogen-bond acceptors (Lipinski definition) is 3. The molecule has 0 aromatic heterocycles. The number of oxime groups is 1. The van der Waals surface area contributed by atoms with Gasteiger partial charge in [0.15, 0.2) is 0 Å². The molecule has 4 N–H and O–H groups in total. The average Bonchev–Trinajstić information content (AvgIpc) is 2.74. The van der Waals surface area contributed by atoms with Crippen molar-refractivity contribution in [3.05, 3.63) is 0 Å². The Morgan fingerprint density at radius 1 is 1.47 bits per heavy atom. The van der Waals surface area contributed by atoms with Crippen molar-refractivity contribution in [2.24, 2.45) is 28.1 Å². The maximum absolute atomic E-state index is 12.1. The van der Waals surface area contributed by atoms with Crippen LogP contribution in [0, 0.1) is 17.3 Å². The number of hydrogen-bond donors (Lipinski definition) is 3. The quantitative estimate of drug-likeness (QED) is 0.316. The van der Waals surface area contributed by atoms with Gasteiger partial charge in [0.25, 0.3) is 0 Å². The second-order valence-corrected chi connectivity index (χ2v) is 6.71. The van der Waals surface area contributed by atoms with E-state index in [0.717, 1.165) is 19.3 Å². The van der Waals surface area contributed by atoms with Gasteiger partial charge < -0.3 is 16.3 Å². The van der Waals surface area contributed by atoms with E-state index in [9.17, 15) is 4.79 Å². The van der Waals surface area contributed by atoms with Crippen molar-refractivity contribution < 1.29 is 10.0 Å². The van der Waals surface area contributed by atoms with E-state index in [1.807, 2.05) is 0 Å². The van der Waals surface area contributed by atoms with Crippen molar-refractivity contribution in [2.45, 2.75) is 59.4 Å². The zero-order chi connectivity index (χ0) is 14.6. The van der Waals surface area contributed by atoms with Crippen molar-refractivity contribution in [3.63, 3.8) is 0 Å². The number of rotatable bonds is 4. The molecule has 0 aromatic carbocycles. The lowest BCUT2D eigenvalue weighted by molar-refractivity contribution is -0.123. The fourth-order valence-corrected chi connectivity index (χ4v) is 2.41. The summed E-state index contributed by atoms with van der Waals surface area (Å²) in [5, 5.41) is 14.9. The number of carbonyl (C=O) groups is 1. The predicted molar refractivity (Wildman–Crippen MR) is 75.9 cm³/mol. The van der Waals surface area contributed by atoms with Crippen molar-refractivity contribution >= 4 is 11.7 Å². The van der Waals surface area contributed by atoms with Crippen LogP contribution in [-0.4, -0.2) is 23.0 Å². The van der Waals surface area contributed by atoms with Crippen molar-refractivity contribution in [2.75, 3.05) is 0 Å². The molecule has 0 spiro atoms. The van der Waals surface area contributed by atoms with E-state index in [0.29, 0.717) is 12.3 Å². The van der Waals surface area contributed by atoms with Gasteiger partial charge in [-0.25, -0.2) is 0 Å². The number of amides is 1. The van der Waals surface area contributed by atoms with Crippen LogP contribution in [0.3, 0.4) is 0 Å². The Kier molecular flexibility index (Phi) is 5.20. The molecule has 1 fully saturated rings. The first-order valence-corrected chi connectivity index (χ1v) is 7.02. The Bertz CT molecular complexity index is 347. The summed E-state index contributed by atoms with van der Waals surface area (Å²) in [5.41, 5.74) is 5.79. The van der Waals surface area contributed by atoms with Crippen molar-refractivity contribution in [3.8, 4) is 0 Å². The fraction of sp³-hybridized carbons (Fsp3) is 0.857. The minimum atomic E-state index is -0.0288. The Hall–Kier alpha value is -1.26. The van der Waals surface area contributed by atoms with Crippen molar-refractivity contribution in [1.82, 2.24) is 5.32 Å². The summed E-state index contributed by atoms with van der Waals surface area (Å²) < 4.78 is 0. The summed E-state index contributed by atoms with van der Waals surface area (Å²) in [7, 11) is 0. The Morgan fingerprint density at radius 2 is 2.11 bits per heavy atom. The summed E-state index contributed by atoms with van der Waals surface area (Å²) in [5.74, 6) is 0.576. The standard InChI is InChI=1S/C14H27N3O2/c1-9(14(2,3)4)8-12(18)16-11-7-5-6-10(11)13(15)17-19/h9-11,19H,5-8H2,1-4H3,(H2,15,17)(H,16,18). The topological polar surface area (TPSA) is 87.7 Å². The Balaban J connectivity index is 2.53. The molecule has 3 unspecified atom stereocenters. The van der Waals surface area contributed by atoms with Crippen LogP contribution in [-0.2, 0) is 4.79 Å². The van der Waals surface area contributed by atoms with Gasteiger partial charge in [0.05, 0.1) is 0 Å². The molecule has 0 aliphatic heterocycles. The van der Waals surface area contributed by atoms with Crippen LogP contribution in [0.4, 0.5) is 0 Å². The zero-order valence-corrected chi connectivity index (χ0v) is 12.4. The summed E-state index contributed by atoms with van der Waals surface area (Å²) >= 11 is 0. The minimum absolute atomic E-state index is 0.00979. The molecule has 5 heteroatoms. The number of amidine groups is 1. The van der Waals surface area contributed by atoms with Gasteiger partial charge in [-0.3, -0.25) is 4.79 Å². The fourth-order valence-electron chi connectivity index (χ4n) is 2.41. The third-order valence-corrected chi connectivity index (χ3v) is 4.33. The van der Waals surface area contributed by atoms with Crippen LogP contribution in [0.25, 0.3) is 0 Å². The highest BCUT2D eigenvalue weighted by Gasteiger charge is 2.32. The molecule has 1 saturated carbocycles. The third-order valence-electron chi connectivity index (χ3n) is 4.33. The second kappa shape index (κ2) is 6.26. The third kappa shape index (κ3) is 4.40. The Labute approximate surface area is 115 Å². The maximum atomic E-state index is 12.1. The molecule has 0 bridgehead atoms. The summed E-state index contributed by atoms with van der Waals surface area (Å²) in [4.78, 5) is 12.1. The predicted octanol–water partition coefficient (Wildman–Crippen LogP) is 2.09. The molecule has 3 atom stereocenters. The van der Waals surface area contributed by atoms with Gasteiger partial charge in [-0.05, 0) is 24.2 Å². The van der Waals surface area contributed by atoms with Crippen LogP contribution in [0.5, 0.6) is 0 Å². The van der Waals surface area contributed by atoms with Gasteiger partial charge in [-0.1, -0.05) is 39.3 Å². The molecule has 110 valence electrons. The zero-order valence-electron chi connectivity index (χ0n) is 12.4. The lowest BCUT2D eigenvalue weighted by Gasteiger charge is -2.28. The van der Waals surface area contributed by atoms with E-state index >= 15 is 0 Å². The van der Waals surface area contributed by atoms with Crippen LogP contribution in [0.1, 0.15) is 53.4 Å². The van der Waals surface area contributed by atoms with Crippen LogP contribution >= 0.6 is 0 Å². The monoisotopic (exact) mass is 269 g/mol. The van der Waals surface area contributed by atoms with Crippen molar-refractivity contribution in [1.29, 1.82) is 0 Å². The minimum Gasteiger partial charge on any atom is -0.409 e. The van der Waals surface area contributed by atoms with E-state index in [4.69, 9.17) is 10.9 Å². The van der Waals surface area contributed by atoms with E-state index in [-0.39, 0.29) is 29.1 Å². The average molecular weight is 269 g/mol. The van der Waals surface area contributed by atoms with E-state index < -0.39 is 0 Å². The molecule has 1 rings (SSSR count). The van der Waals surface area contributed by atoms with Gasteiger partial charge in [-0.15, -0.1) is 0 Å². The number of nitrogens with one attached hydrogen (secondary N) is 1.